The van der Waals surface area contributed by atoms with Crippen LogP contribution in [0.2, 0.25) is 5.02 Å². The van der Waals surface area contributed by atoms with Crippen molar-refractivity contribution < 1.29 is 4.74 Å². The third-order valence-corrected chi connectivity index (χ3v) is 5.69. The van der Waals surface area contributed by atoms with Gasteiger partial charge in [0.2, 0.25) is 17.8 Å². The molecule has 1 aromatic heterocycles. The number of aromatic nitrogens is 3. The highest BCUT2D eigenvalue weighted by molar-refractivity contribution is 6.31. The van der Waals surface area contributed by atoms with Crippen LogP contribution in [0.25, 0.3) is 0 Å². The van der Waals surface area contributed by atoms with E-state index < -0.39 is 0 Å². The second-order valence-corrected chi connectivity index (χ2v) is 8.48. The molecule has 3 N–H and O–H groups in total. The van der Waals surface area contributed by atoms with Crippen LogP contribution in [0.5, 0.6) is 5.75 Å². The van der Waals surface area contributed by atoms with Crippen LogP contribution in [0.15, 0.2) is 114 Å². The lowest BCUT2D eigenvalue weighted by Crippen LogP contribution is -2.07. The van der Waals surface area contributed by atoms with Crippen molar-refractivity contribution in [3.05, 3.63) is 125 Å². The Kier molecular flexibility index (Phi) is 8.03. The van der Waals surface area contributed by atoms with E-state index in [-0.39, 0.29) is 5.95 Å². The Morgan fingerprint density at radius 3 is 1.87 bits per heavy atom. The fraction of sp³-hybridized carbons (Fsp3) is 0.0345. The normalized spacial score (nSPS) is 10.8. The van der Waals surface area contributed by atoms with E-state index in [1.54, 1.807) is 6.21 Å². The second kappa shape index (κ2) is 12.3. The van der Waals surface area contributed by atoms with Crippen LogP contribution in [0.4, 0.5) is 29.2 Å². The van der Waals surface area contributed by atoms with Gasteiger partial charge in [-0.2, -0.15) is 20.1 Å². The smallest absolute Gasteiger partial charge is 0.250 e. The minimum atomic E-state index is 0.266. The summed E-state index contributed by atoms with van der Waals surface area (Å²) < 4.78 is 6.01. The van der Waals surface area contributed by atoms with Gasteiger partial charge in [0.1, 0.15) is 12.4 Å². The first-order chi connectivity index (χ1) is 18.7. The van der Waals surface area contributed by atoms with Crippen molar-refractivity contribution in [3.8, 4) is 5.75 Å². The van der Waals surface area contributed by atoms with Gasteiger partial charge in [0.25, 0.3) is 0 Å². The monoisotopic (exact) mass is 521 g/mol. The van der Waals surface area contributed by atoms with Gasteiger partial charge in [0, 0.05) is 27.5 Å². The number of nitrogens with zero attached hydrogens (tertiary/aromatic N) is 4. The van der Waals surface area contributed by atoms with Gasteiger partial charge in [-0.3, -0.25) is 0 Å². The Bertz CT molecular complexity index is 1450. The minimum Gasteiger partial charge on any atom is -0.488 e. The summed E-state index contributed by atoms with van der Waals surface area (Å²) in [7, 11) is 0. The Hall–Kier alpha value is -4.95. The summed E-state index contributed by atoms with van der Waals surface area (Å²) in [6, 6.07) is 34.5. The molecular formula is C29H24ClN7O. The van der Waals surface area contributed by atoms with Gasteiger partial charge in [-0.15, -0.1) is 0 Å². The van der Waals surface area contributed by atoms with Gasteiger partial charge in [0.05, 0.1) is 6.21 Å². The summed E-state index contributed by atoms with van der Waals surface area (Å²) in [6.45, 7) is 0.342. The lowest BCUT2D eigenvalue weighted by Gasteiger charge is -2.11. The average molecular weight is 522 g/mol. The molecular weight excluding hydrogens is 498 g/mol. The Labute approximate surface area is 225 Å². The summed E-state index contributed by atoms with van der Waals surface area (Å²) >= 11 is 6.26. The molecule has 0 fully saturated rings. The predicted molar refractivity (Wildman–Crippen MR) is 153 cm³/mol. The highest BCUT2D eigenvalue weighted by atomic mass is 35.5. The van der Waals surface area contributed by atoms with Crippen LogP contribution in [-0.4, -0.2) is 21.2 Å². The average Bonchev–Trinajstić information content (AvgIpc) is 2.94. The molecule has 0 saturated heterocycles. The molecule has 0 amide bonds. The molecule has 1 heterocycles. The molecule has 0 saturated carbocycles. The summed E-state index contributed by atoms with van der Waals surface area (Å²) in [5, 5.41) is 11.4. The number of nitrogens with one attached hydrogen (secondary N) is 3. The number of ether oxygens (including phenoxy) is 1. The Morgan fingerprint density at radius 2 is 1.21 bits per heavy atom. The van der Waals surface area contributed by atoms with Crippen LogP contribution >= 0.6 is 11.6 Å². The maximum atomic E-state index is 6.26. The summed E-state index contributed by atoms with van der Waals surface area (Å²) in [5.41, 5.74) is 6.29. The van der Waals surface area contributed by atoms with Gasteiger partial charge >= 0.3 is 0 Å². The molecule has 188 valence electrons. The second-order valence-electron chi connectivity index (χ2n) is 8.08. The van der Waals surface area contributed by atoms with E-state index in [9.17, 15) is 0 Å². The number of halogens is 1. The van der Waals surface area contributed by atoms with Crippen LogP contribution in [-0.2, 0) is 6.61 Å². The van der Waals surface area contributed by atoms with Gasteiger partial charge in [0.15, 0.2) is 0 Å². The van der Waals surface area contributed by atoms with E-state index in [2.05, 4.69) is 36.1 Å². The zero-order valence-corrected chi connectivity index (χ0v) is 21.0. The van der Waals surface area contributed by atoms with Crippen LogP contribution in [0.3, 0.4) is 0 Å². The molecule has 0 aliphatic heterocycles. The molecule has 0 unspecified atom stereocenters. The van der Waals surface area contributed by atoms with Crippen molar-refractivity contribution in [1.29, 1.82) is 0 Å². The van der Waals surface area contributed by atoms with Crippen molar-refractivity contribution in [2.24, 2.45) is 5.10 Å². The molecule has 8 nitrogen and oxygen atoms in total. The van der Waals surface area contributed by atoms with Crippen molar-refractivity contribution in [3.63, 3.8) is 0 Å². The highest BCUT2D eigenvalue weighted by Crippen LogP contribution is 2.22. The van der Waals surface area contributed by atoms with Crippen molar-refractivity contribution in [2.45, 2.75) is 6.61 Å². The zero-order valence-electron chi connectivity index (χ0n) is 20.3. The SMILES string of the molecule is Clc1ccccc1COc1ccccc1/C=N\Nc1nc(Nc2ccccc2)nc(Nc2ccccc2)n1. The van der Waals surface area contributed by atoms with Crippen LogP contribution < -0.4 is 20.8 Å². The Morgan fingerprint density at radius 1 is 0.658 bits per heavy atom. The fourth-order valence-corrected chi connectivity index (χ4v) is 3.68. The molecule has 5 rings (SSSR count). The summed E-state index contributed by atoms with van der Waals surface area (Å²) in [4.78, 5) is 13.4. The molecule has 0 atom stereocenters. The van der Waals surface area contributed by atoms with E-state index in [1.807, 2.05) is 109 Å². The molecule has 38 heavy (non-hydrogen) atoms. The molecule has 0 bridgehead atoms. The third-order valence-electron chi connectivity index (χ3n) is 5.32. The summed E-state index contributed by atoms with van der Waals surface area (Å²) in [6.07, 6.45) is 1.65. The van der Waals surface area contributed by atoms with Gasteiger partial charge in [-0.1, -0.05) is 78.3 Å². The minimum absolute atomic E-state index is 0.266. The number of hydrogen-bond donors (Lipinski definition) is 3. The van der Waals surface area contributed by atoms with Crippen LogP contribution in [0, 0.1) is 0 Å². The van der Waals surface area contributed by atoms with Crippen molar-refractivity contribution in [2.75, 3.05) is 16.1 Å². The number of benzene rings is 4. The number of para-hydroxylation sites is 3. The maximum absolute atomic E-state index is 6.26. The van der Waals surface area contributed by atoms with Gasteiger partial charge in [-0.05, 0) is 42.5 Å². The highest BCUT2D eigenvalue weighted by Gasteiger charge is 2.08. The first-order valence-corrected chi connectivity index (χ1v) is 12.3. The first-order valence-electron chi connectivity index (χ1n) is 11.9. The number of rotatable bonds is 10. The quantitative estimate of drug-likeness (QED) is 0.134. The number of hydrogen-bond acceptors (Lipinski definition) is 8. The lowest BCUT2D eigenvalue weighted by atomic mass is 10.2. The van der Waals surface area contributed by atoms with E-state index in [0.29, 0.717) is 29.3 Å². The first kappa shape index (κ1) is 24.7. The predicted octanol–water partition coefficient (Wildman–Crippen LogP) is 7.04. The van der Waals surface area contributed by atoms with E-state index >= 15 is 0 Å². The molecule has 0 aliphatic rings. The molecule has 0 aliphatic carbocycles. The van der Waals surface area contributed by atoms with E-state index in [1.165, 1.54) is 0 Å². The van der Waals surface area contributed by atoms with Crippen molar-refractivity contribution in [1.82, 2.24) is 15.0 Å². The lowest BCUT2D eigenvalue weighted by molar-refractivity contribution is 0.306. The molecule has 0 spiro atoms. The van der Waals surface area contributed by atoms with Gasteiger partial charge in [-0.25, -0.2) is 5.43 Å². The topological polar surface area (TPSA) is 96.4 Å². The number of anilines is 5. The molecule has 4 aromatic carbocycles. The molecule has 9 heteroatoms. The zero-order chi connectivity index (χ0) is 26.0. The third kappa shape index (κ3) is 6.83. The molecule has 0 radical (unpaired) electrons. The van der Waals surface area contributed by atoms with Gasteiger partial charge < -0.3 is 15.4 Å². The standard InChI is InChI=1S/C29H24ClN7O/c30-25-17-9-7-12-22(25)20-38-26-18-10-8-11-21(26)19-31-37-29-35-27(32-23-13-3-1-4-14-23)34-28(36-29)33-24-15-5-2-6-16-24/h1-19H,20H2,(H3,32,33,34,35,36,37)/b31-19-. The maximum Gasteiger partial charge on any atom is 0.250 e. The van der Waals surface area contributed by atoms with Crippen molar-refractivity contribution >= 4 is 47.0 Å². The van der Waals surface area contributed by atoms with E-state index in [0.717, 1.165) is 22.5 Å². The Balaban J connectivity index is 1.33. The van der Waals surface area contributed by atoms with E-state index in [4.69, 9.17) is 16.3 Å². The fourth-order valence-electron chi connectivity index (χ4n) is 3.49. The van der Waals surface area contributed by atoms with Crippen LogP contribution in [0.1, 0.15) is 11.1 Å². The number of hydrazone groups is 1. The summed E-state index contributed by atoms with van der Waals surface area (Å²) in [5.74, 6) is 1.67. The largest absolute Gasteiger partial charge is 0.488 e. The molecule has 5 aromatic rings.